The van der Waals surface area contributed by atoms with Crippen molar-refractivity contribution in [1.82, 2.24) is 5.32 Å². The fourth-order valence-electron chi connectivity index (χ4n) is 2.41. The number of carbonyl (C=O) groups is 2. The minimum atomic E-state index is -1.05. The van der Waals surface area contributed by atoms with Crippen LogP contribution in [0.25, 0.3) is 0 Å². The number of hydrogen-bond donors (Lipinski definition) is 3. The van der Waals surface area contributed by atoms with Gasteiger partial charge in [-0.25, -0.2) is 4.79 Å². The molecule has 108 valence electrons. The van der Waals surface area contributed by atoms with Gasteiger partial charge in [0.25, 0.3) is 0 Å². The Labute approximate surface area is 125 Å². The van der Waals surface area contributed by atoms with Crippen LogP contribution in [0.15, 0.2) is 22.7 Å². The van der Waals surface area contributed by atoms with Crippen molar-refractivity contribution in [2.75, 3.05) is 11.9 Å². The number of carboxylic acid groups (broad SMARTS) is 1. The molecule has 1 aromatic rings. The van der Waals surface area contributed by atoms with Crippen LogP contribution in [0.1, 0.15) is 30.1 Å². The van der Waals surface area contributed by atoms with E-state index in [0.717, 1.165) is 23.9 Å². The van der Waals surface area contributed by atoms with Gasteiger partial charge in [-0.1, -0.05) is 15.9 Å². The first-order valence-corrected chi connectivity index (χ1v) is 7.33. The van der Waals surface area contributed by atoms with E-state index in [9.17, 15) is 9.59 Å². The van der Waals surface area contributed by atoms with Gasteiger partial charge < -0.3 is 15.7 Å². The Balaban J connectivity index is 2.14. The minimum Gasteiger partial charge on any atom is -0.478 e. The average Bonchev–Trinajstić information content (AvgIpc) is 2.38. The Morgan fingerprint density at radius 1 is 1.45 bits per heavy atom. The number of rotatable bonds is 3. The van der Waals surface area contributed by atoms with Crippen molar-refractivity contribution in [1.29, 1.82) is 0 Å². The van der Waals surface area contributed by atoms with Crippen LogP contribution in [0, 0.1) is 5.92 Å². The molecule has 5 nitrogen and oxygen atoms in total. The molecule has 0 aliphatic carbocycles. The van der Waals surface area contributed by atoms with Crippen LogP contribution in [-0.4, -0.2) is 29.6 Å². The lowest BCUT2D eigenvalue weighted by Crippen LogP contribution is -2.40. The Hall–Kier alpha value is -1.40. The molecular weight excluding hydrogens is 324 g/mol. The molecule has 1 aliphatic rings. The van der Waals surface area contributed by atoms with Gasteiger partial charge >= 0.3 is 5.97 Å². The second kappa shape index (κ2) is 6.37. The van der Waals surface area contributed by atoms with E-state index < -0.39 is 5.97 Å². The summed E-state index contributed by atoms with van der Waals surface area (Å²) in [6.07, 6.45) is 1.54. The summed E-state index contributed by atoms with van der Waals surface area (Å²) in [5, 5.41) is 15.2. The highest BCUT2D eigenvalue weighted by molar-refractivity contribution is 9.10. The molecule has 0 spiro atoms. The number of halogens is 1. The number of nitrogens with one attached hydrogen (secondary N) is 2. The largest absolute Gasteiger partial charge is 0.478 e. The summed E-state index contributed by atoms with van der Waals surface area (Å²) in [6.45, 7) is 2.85. The lowest BCUT2D eigenvalue weighted by Gasteiger charge is -2.27. The first kappa shape index (κ1) is 15.0. The predicted molar refractivity (Wildman–Crippen MR) is 79.9 cm³/mol. The smallest absolute Gasteiger partial charge is 0.337 e. The maximum absolute atomic E-state index is 12.3. The molecule has 3 N–H and O–H groups in total. The highest BCUT2D eigenvalue weighted by Gasteiger charge is 2.25. The lowest BCUT2D eigenvalue weighted by molar-refractivity contribution is -0.120. The quantitative estimate of drug-likeness (QED) is 0.789. The summed E-state index contributed by atoms with van der Waals surface area (Å²) >= 11 is 3.29. The molecule has 2 atom stereocenters. The van der Waals surface area contributed by atoms with Gasteiger partial charge in [-0.3, -0.25) is 4.79 Å². The third kappa shape index (κ3) is 3.58. The molecule has 20 heavy (non-hydrogen) atoms. The van der Waals surface area contributed by atoms with Crippen LogP contribution in [0.3, 0.4) is 0 Å². The SMILES string of the molecule is CC1CC(C(=O)Nc2cc(Br)ccc2C(=O)O)CCN1. The van der Waals surface area contributed by atoms with E-state index in [0.29, 0.717) is 11.7 Å². The van der Waals surface area contributed by atoms with Gasteiger partial charge in [0.1, 0.15) is 0 Å². The van der Waals surface area contributed by atoms with E-state index in [4.69, 9.17) is 5.11 Å². The fourth-order valence-corrected chi connectivity index (χ4v) is 2.77. The molecule has 2 rings (SSSR count). The summed E-state index contributed by atoms with van der Waals surface area (Å²) in [5.41, 5.74) is 0.437. The number of benzene rings is 1. The minimum absolute atomic E-state index is 0.0770. The zero-order valence-electron chi connectivity index (χ0n) is 11.1. The Bertz CT molecular complexity index is 533. The van der Waals surface area contributed by atoms with Gasteiger partial charge in [0.05, 0.1) is 11.3 Å². The molecule has 0 radical (unpaired) electrons. The molecule has 2 unspecified atom stereocenters. The van der Waals surface area contributed by atoms with E-state index in [1.54, 1.807) is 12.1 Å². The monoisotopic (exact) mass is 340 g/mol. The van der Waals surface area contributed by atoms with E-state index in [1.807, 2.05) is 6.92 Å². The Morgan fingerprint density at radius 2 is 2.20 bits per heavy atom. The third-order valence-electron chi connectivity index (χ3n) is 3.46. The topological polar surface area (TPSA) is 78.4 Å². The summed E-state index contributed by atoms with van der Waals surface area (Å²) in [6, 6.07) is 5.05. The number of anilines is 1. The summed E-state index contributed by atoms with van der Waals surface area (Å²) in [5.74, 6) is -1.24. The fraction of sp³-hybridized carbons (Fsp3) is 0.429. The van der Waals surface area contributed by atoms with Gasteiger partial charge in [-0.2, -0.15) is 0 Å². The highest BCUT2D eigenvalue weighted by atomic mass is 79.9. The summed E-state index contributed by atoms with van der Waals surface area (Å²) in [7, 11) is 0. The van der Waals surface area contributed by atoms with Crippen LogP contribution < -0.4 is 10.6 Å². The van der Waals surface area contributed by atoms with E-state index >= 15 is 0 Å². The van der Waals surface area contributed by atoms with Gasteiger partial charge in [0.2, 0.25) is 5.91 Å². The van der Waals surface area contributed by atoms with Crippen molar-refractivity contribution in [3.63, 3.8) is 0 Å². The lowest BCUT2D eigenvalue weighted by atomic mass is 9.92. The van der Waals surface area contributed by atoms with Crippen LogP contribution in [-0.2, 0) is 4.79 Å². The zero-order valence-corrected chi connectivity index (χ0v) is 12.7. The summed E-state index contributed by atoms with van der Waals surface area (Å²) < 4.78 is 0.733. The molecule has 6 heteroatoms. The standard InChI is InChI=1S/C14H17BrN2O3/c1-8-6-9(4-5-16-8)13(18)17-12-7-10(15)2-3-11(12)14(19)20/h2-3,7-9,16H,4-6H2,1H3,(H,17,18)(H,19,20). The van der Waals surface area contributed by atoms with Crippen LogP contribution in [0.4, 0.5) is 5.69 Å². The molecule has 1 amide bonds. The van der Waals surface area contributed by atoms with Crippen molar-refractivity contribution in [3.8, 4) is 0 Å². The molecule has 0 bridgehead atoms. The molecule has 1 aliphatic heterocycles. The van der Waals surface area contributed by atoms with Crippen molar-refractivity contribution >= 4 is 33.5 Å². The number of piperidine rings is 1. The second-order valence-electron chi connectivity index (χ2n) is 5.06. The molecule has 1 heterocycles. The number of hydrogen-bond acceptors (Lipinski definition) is 3. The van der Waals surface area contributed by atoms with Crippen molar-refractivity contribution < 1.29 is 14.7 Å². The first-order chi connectivity index (χ1) is 9.47. The predicted octanol–water partition coefficient (Wildman–Crippen LogP) is 2.47. The van der Waals surface area contributed by atoms with Crippen molar-refractivity contribution in [2.24, 2.45) is 5.92 Å². The number of carbonyl (C=O) groups excluding carboxylic acids is 1. The van der Waals surface area contributed by atoms with Gasteiger partial charge in [0.15, 0.2) is 0 Å². The van der Waals surface area contributed by atoms with E-state index in [1.165, 1.54) is 6.07 Å². The first-order valence-electron chi connectivity index (χ1n) is 6.54. The molecule has 0 saturated carbocycles. The van der Waals surface area contributed by atoms with Gasteiger partial charge in [-0.05, 0) is 44.5 Å². The van der Waals surface area contributed by atoms with Crippen LogP contribution in [0.5, 0.6) is 0 Å². The van der Waals surface area contributed by atoms with Crippen LogP contribution in [0.2, 0.25) is 0 Å². The molecule has 1 aromatic carbocycles. The normalized spacial score (nSPS) is 22.3. The van der Waals surface area contributed by atoms with E-state index in [-0.39, 0.29) is 17.4 Å². The van der Waals surface area contributed by atoms with Crippen LogP contribution >= 0.6 is 15.9 Å². The third-order valence-corrected chi connectivity index (χ3v) is 3.96. The Morgan fingerprint density at radius 3 is 2.85 bits per heavy atom. The van der Waals surface area contributed by atoms with Gasteiger partial charge in [-0.15, -0.1) is 0 Å². The highest BCUT2D eigenvalue weighted by Crippen LogP contribution is 2.24. The molecule has 1 saturated heterocycles. The average molecular weight is 341 g/mol. The Kier molecular flexibility index (Phi) is 4.77. The molecule has 1 fully saturated rings. The number of carboxylic acids is 1. The molecule has 0 aromatic heterocycles. The zero-order chi connectivity index (χ0) is 14.7. The van der Waals surface area contributed by atoms with Crippen molar-refractivity contribution in [2.45, 2.75) is 25.8 Å². The van der Waals surface area contributed by atoms with Gasteiger partial charge in [0, 0.05) is 16.4 Å². The number of aromatic carboxylic acids is 1. The van der Waals surface area contributed by atoms with Crippen molar-refractivity contribution in [3.05, 3.63) is 28.2 Å². The number of amides is 1. The second-order valence-corrected chi connectivity index (χ2v) is 5.98. The maximum atomic E-state index is 12.3. The molecular formula is C14H17BrN2O3. The summed E-state index contributed by atoms with van der Waals surface area (Å²) in [4.78, 5) is 23.4. The van der Waals surface area contributed by atoms with E-state index in [2.05, 4.69) is 26.6 Å². The maximum Gasteiger partial charge on any atom is 0.337 e.